The van der Waals surface area contributed by atoms with Crippen LogP contribution in [-0.4, -0.2) is 19.7 Å². The molecule has 2 heterocycles. The monoisotopic (exact) mass is 300 g/mol. The van der Waals surface area contributed by atoms with Gasteiger partial charge in [0.25, 0.3) is 0 Å². The molecule has 0 amide bonds. The van der Waals surface area contributed by atoms with E-state index in [1.165, 1.54) is 6.33 Å². The summed E-state index contributed by atoms with van der Waals surface area (Å²) in [7, 11) is 0. The number of benzene rings is 1. The first kappa shape index (κ1) is 13.4. The van der Waals surface area contributed by atoms with E-state index >= 15 is 0 Å². The average molecular weight is 301 g/mol. The van der Waals surface area contributed by atoms with Gasteiger partial charge in [-0.2, -0.15) is 5.10 Å². The van der Waals surface area contributed by atoms with Crippen molar-refractivity contribution in [3.05, 3.63) is 59.6 Å². The van der Waals surface area contributed by atoms with Crippen LogP contribution < -0.4 is 11.1 Å². The van der Waals surface area contributed by atoms with E-state index in [9.17, 15) is 0 Å². The van der Waals surface area contributed by atoms with Gasteiger partial charge in [-0.25, -0.2) is 14.6 Å². The zero-order chi connectivity index (χ0) is 14.7. The summed E-state index contributed by atoms with van der Waals surface area (Å²) in [6, 6.07) is 9.41. The molecular formula is C14H13ClN6. The molecule has 7 heteroatoms. The van der Waals surface area contributed by atoms with Gasteiger partial charge in [-0.15, -0.1) is 0 Å². The summed E-state index contributed by atoms with van der Waals surface area (Å²) in [5.74, 6) is 1.11. The van der Waals surface area contributed by atoms with Gasteiger partial charge in [0.2, 0.25) is 0 Å². The molecule has 0 radical (unpaired) electrons. The van der Waals surface area contributed by atoms with Gasteiger partial charge in [0, 0.05) is 24.0 Å². The van der Waals surface area contributed by atoms with Crippen LogP contribution in [0.5, 0.6) is 0 Å². The van der Waals surface area contributed by atoms with Crippen molar-refractivity contribution in [3.8, 4) is 5.82 Å². The average Bonchev–Trinajstić information content (AvgIpc) is 3.00. The van der Waals surface area contributed by atoms with Crippen LogP contribution in [0.4, 0.5) is 11.5 Å². The van der Waals surface area contributed by atoms with Gasteiger partial charge in [-0.1, -0.05) is 23.7 Å². The number of rotatable bonds is 4. The Morgan fingerprint density at radius 2 is 2.14 bits per heavy atom. The Balaban J connectivity index is 1.82. The molecule has 0 aliphatic carbocycles. The number of halogens is 1. The highest BCUT2D eigenvalue weighted by molar-refractivity contribution is 6.30. The van der Waals surface area contributed by atoms with E-state index in [0.717, 1.165) is 5.56 Å². The van der Waals surface area contributed by atoms with Gasteiger partial charge in [0.1, 0.15) is 12.0 Å². The molecule has 0 bridgehead atoms. The van der Waals surface area contributed by atoms with Crippen molar-refractivity contribution in [2.45, 2.75) is 6.54 Å². The minimum absolute atomic E-state index is 0.447. The number of nitrogens with zero attached hydrogens (tertiary/aromatic N) is 4. The molecule has 2 aromatic heterocycles. The van der Waals surface area contributed by atoms with E-state index in [1.54, 1.807) is 23.1 Å². The van der Waals surface area contributed by atoms with Crippen molar-refractivity contribution in [2.75, 3.05) is 11.1 Å². The fourth-order valence-corrected chi connectivity index (χ4v) is 2.15. The Bertz CT molecular complexity index is 741. The number of nitrogens with one attached hydrogen (secondary N) is 1. The van der Waals surface area contributed by atoms with Crippen LogP contribution in [0.1, 0.15) is 5.56 Å². The SMILES string of the molecule is Nc1c(NCc2cccc(Cl)c2)ncnc1-n1cccn1. The lowest BCUT2D eigenvalue weighted by Gasteiger charge is -2.11. The van der Waals surface area contributed by atoms with Crippen molar-refractivity contribution in [2.24, 2.45) is 0 Å². The predicted molar refractivity (Wildman–Crippen MR) is 82.3 cm³/mol. The lowest BCUT2D eigenvalue weighted by Crippen LogP contribution is -2.10. The molecule has 3 N–H and O–H groups in total. The quantitative estimate of drug-likeness (QED) is 0.773. The maximum Gasteiger partial charge on any atom is 0.181 e. The minimum atomic E-state index is 0.447. The zero-order valence-corrected chi connectivity index (χ0v) is 11.8. The third kappa shape index (κ3) is 2.95. The second-order valence-corrected chi connectivity index (χ2v) is 4.83. The van der Waals surface area contributed by atoms with Crippen molar-refractivity contribution >= 4 is 23.1 Å². The third-order valence-corrected chi connectivity index (χ3v) is 3.17. The lowest BCUT2D eigenvalue weighted by molar-refractivity contribution is 0.842. The first-order chi connectivity index (χ1) is 10.2. The van der Waals surface area contributed by atoms with E-state index in [-0.39, 0.29) is 0 Å². The van der Waals surface area contributed by atoms with Crippen LogP contribution >= 0.6 is 11.6 Å². The number of hydrogen-bond donors (Lipinski definition) is 2. The van der Waals surface area contributed by atoms with E-state index in [4.69, 9.17) is 17.3 Å². The first-order valence-corrected chi connectivity index (χ1v) is 6.70. The highest BCUT2D eigenvalue weighted by Gasteiger charge is 2.09. The summed E-state index contributed by atoms with van der Waals surface area (Å²) in [5, 5.41) is 8.00. The van der Waals surface area contributed by atoms with Crippen molar-refractivity contribution < 1.29 is 0 Å². The molecule has 0 fully saturated rings. The Morgan fingerprint density at radius 1 is 1.24 bits per heavy atom. The van der Waals surface area contributed by atoms with Gasteiger partial charge in [-0.3, -0.25) is 0 Å². The fraction of sp³-hybridized carbons (Fsp3) is 0.0714. The van der Waals surface area contributed by atoms with Gasteiger partial charge in [0.05, 0.1) is 0 Å². The number of nitrogens with two attached hydrogens (primary N) is 1. The Kier molecular flexibility index (Phi) is 3.70. The highest BCUT2D eigenvalue weighted by Crippen LogP contribution is 2.21. The van der Waals surface area contributed by atoms with Gasteiger partial charge in [0.15, 0.2) is 11.6 Å². The van der Waals surface area contributed by atoms with Gasteiger partial charge >= 0.3 is 0 Å². The number of hydrogen-bond acceptors (Lipinski definition) is 5. The summed E-state index contributed by atoms with van der Waals surface area (Å²) in [6.45, 7) is 0.570. The summed E-state index contributed by atoms with van der Waals surface area (Å²) in [6.07, 6.45) is 4.90. The van der Waals surface area contributed by atoms with Gasteiger partial charge in [-0.05, 0) is 23.8 Å². The maximum absolute atomic E-state index is 6.09. The molecule has 0 atom stereocenters. The van der Waals surface area contributed by atoms with Crippen LogP contribution in [-0.2, 0) is 6.54 Å². The summed E-state index contributed by atoms with van der Waals surface area (Å²) in [5.41, 5.74) is 7.58. The smallest absolute Gasteiger partial charge is 0.181 e. The topological polar surface area (TPSA) is 81.6 Å². The molecule has 0 aliphatic rings. The maximum atomic E-state index is 6.09. The molecule has 3 aromatic rings. The van der Waals surface area contributed by atoms with Crippen molar-refractivity contribution in [1.82, 2.24) is 19.7 Å². The van der Waals surface area contributed by atoms with E-state index in [1.807, 2.05) is 24.3 Å². The third-order valence-electron chi connectivity index (χ3n) is 2.93. The van der Waals surface area contributed by atoms with E-state index < -0.39 is 0 Å². The Morgan fingerprint density at radius 3 is 2.90 bits per heavy atom. The molecule has 1 aromatic carbocycles. The molecule has 0 saturated carbocycles. The minimum Gasteiger partial charge on any atom is -0.393 e. The van der Waals surface area contributed by atoms with Crippen LogP contribution in [0.25, 0.3) is 5.82 Å². The lowest BCUT2D eigenvalue weighted by atomic mass is 10.2. The zero-order valence-electron chi connectivity index (χ0n) is 11.1. The second-order valence-electron chi connectivity index (χ2n) is 4.39. The second kappa shape index (κ2) is 5.80. The molecule has 21 heavy (non-hydrogen) atoms. The van der Waals surface area contributed by atoms with Crippen LogP contribution in [0, 0.1) is 0 Å². The normalized spacial score (nSPS) is 10.5. The van der Waals surface area contributed by atoms with Crippen molar-refractivity contribution in [3.63, 3.8) is 0 Å². The number of aromatic nitrogens is 4. The summed E-state index contributed by atoms with van der Waals surface area (Å²) < 4.78 is 1.60. The highest BCUT2D eigenvalue weighted by atomic mass is 35.5. The van der Waals surface area contributed by atoms with E-state index in [0.29, 0.717) is 28.9 Å². The molecule has 0 spiro atoms. The molecule has 0 saturated heterocycles. The summed E-state index contributed by atoms with van der Waals surface area (Å²) in [4.78, 5) is 8.32. The number of nitrogen functional groups attached to an aromatic ring is 1. The van der Waals surface area contributed by atoms with Crippen LogP contribution in [0.2, 0.25) is 5.02 Å². The Hall–Kier alpha value is -2.60. The largest absolute Gasteiger partial charge is 0.393 e. The van der Waals surface area contributed by atoms with Crippen molar-refractivity contribution in [1.29, 1.82) is 0 Å². The molecule has 0 unspecified atom stereocenters. The van der Waals surface area contributed by atoms with Crippen LogP contribution in [0.15, 0.2) is 49.1 Å². The number of anilines is 2. The van der Waals surface area contributed by atoms with E-state index in [2.05, 4.69) is 20.4 Å². The molecule has 6 nitrogen and oxygen atoms in total. The summed E-state index contributed by atoms with van der Waals surface area (Å²) >= 11 is 5.96. The van der Waals surface area contributed by atoms with Gasteiger partial charge < -0.3 is 11.1 Å². The molecule has 3 rings (SSSR count). The predicted octanol–water partition coefficient (Wildman–Crippen LogP) is 2.51. The molecular weight excluding hydrogens is 288 g/mol. The van der Waals surface area contributed by atoms with Crippen LogP contribution in [0.3, 0.4) is 0 Å². The fourth-order valence-electron chi connectivity index (χ4n) is 1.94. The molecule has 106 valence electrons. The molecule has 0 aliphatic heterocycles. The Labute approximate surface area is 126 Å². The first-order valence-electron chi connectivity index (χ1n) is 6.33. The standard InChI is InChI=1S/C14H13ClN6/c15-11-4-1-3-10(7-11)8-17-13-12(16)14(19-9-18-13)21-6-2-5-20-21/h1-7,9H,8,16H2,(H,17,18,19).